The molecule has 0 saturated carbocycles. The lowest BCUT2D eigenvalue weighted by Crippen LogP contribution is -2.31. The quantitative estimate of drug-likeness (QED) is 0.837. The molecule has 126 valence electrons. The van der Waals surface area contributed by atoms with Crippen molar-refractivity contribution in [2.45, 2.75) is 26.3 Å². The van der Waals surface area contributed by atoms with Crippen LogP contribution in [0.5, 0.6) is 5.75 Å². The van der Waals surface area contributed by atoms with E-state index in [2.05, 4.69) is 29.7 Å². The predicted molar refractivity (Wildman–Crippen MR) is 88.4 cm³/mol. The maximum absolute atomic E-state index is 12.2. The van der Waals surface area contributed by atoms with Crippen LogP contribution in [0.15, 0.2) is 18.2 Å². The zero-order valence-corrected chi connectivity index (χ0v) is 13.8. The standard InChI is InChI=1S/C18H26N2O3/c1-13-2-3-15(10-20-18(21)16-4-6-19-9-16)17(8-13)23-12-14-5-7-22-11-14/h2-3,8,14,16,19H,4-7,9-12H2,1H3,(H,20,21)/t14-,16+/m1/s1. The summed E-state index contributed by atoms with van der Waals surface area (Å²) in [5.41, 5.74) is 2.20. The number of hydrogen-bond donors (Lipinski definition) is 2. The number of hydrogen-bond acceptors (Lipinski definition) is 4. The molecule has 3 rings (SSSR count). The minimum absolute atomic E-state index is 0.0976. The first-order valence-corrected chi connectivity index (χ1v) is 8.51. The third kappa shape index (κ3) is 4.45. The van der Waals surface area contributed by atoms with Gasteiger partial charge in [-0.2, -0.15) is 0 Å². The van der Waals surface area contributed by atoms with Gasteiger partial charge in [-0.3, -0.25) is 4.79 Å². The van der Waals surface area contributed by atoms with Gasteiger partial charge in [-0.25, -0.2) is 0 Å². The summed E-state index contributed by atoms with van der Waals surface area (Å²) < 4.78 is 11.4. The van der Waals surface area contributed by atoms with E-state index in [4.69, 9.17) is 9.47 Å². The number of carbonyl (C=O) groups excluding carboxylic acids is 1. The lowest BCUT2D eigenvalue weighted by Gasteiger charge is -2.16. The van der Waals surface area contributed by atoms with Gasteiger partial charge >= 0.3 is 0 Å². The van der Waals surface area contributed by atoms with E-state index in [1.807, 2.05) is 6.07 Å². The van der Waals surface area contributed by atoms with Crippen LogP contribution in [-0.4, -0.2) is 38.8 Å². The Bertz CT molecular complexity index is 535. The van der Waals surface area contributed by atoms with Crippen molar-refractivity contribution in [2.24, 2.45) is 11.8 Å². The summed E-state index contributed by atoms with van der Waals surface area (Å²) in [6, 6.07) is 6.15. The van der Waals surface area contributed by atoms with E-state index >= 15 is 0 Å². The normalized spacial score (nSPS) is 23.9. The molecular formula is C18H26N2O3. The summed E-state index contributed by atoms with van der Waals surface area (Å²) in [5, 5.41) is 6.27. The zero-order valence-electron chi connectivity index (χ0n) is 13.8. The molecule has 0 aliphatic carbocycles. The summed E-state index contributed by atoms with van der Waals surface area (Å²) in [7, 11) is 0. The van der Waals surface area contributed by atoms with Gasteiger partial charge in [0.25, 0.3) is 0 Å². The molecule has 2 N–H and O–H groups in total. The molecule has 0 spiro atoms. The van der Waals surface area contributed by atoms with E-state index in [9.17, 15) is 4.79 Å². The van der Waals surface area contributed by atoms with Crippen LogP contribution in [0.3, 0.4) is 0 Å². The van der Waals surface area contributed by atoms with Crippen molar-refractivity contribution in [3.05, 3.63) is 29.3 Å². The number of rotatable bonds is 6. The van der Waals surface area contributed by atoms with Crippen LogP contribution in [0.4, 0.5) is 0 Å². The first kappa shape index (κ1) is 16.3. The highest BCUT2D eigenvalue weighted by Crippen LogP contribution is 2.23. The van der Waals surface area contributed by atoms with Crippen molar-refractivity contribution in [2.75, 3.05) is 32.9 Å². The lowest BCUT2D eigenvalue weighted by molar-refractivity contribution is -0.124. The molecular weight excluding hydrogens is 292 g/mol. The summed E-state index contributed by atoms with van der Waals surface area (Å²) in [5.74, 6) is 1.58. The molecule has 1 aromatic rings. The number of amides is 1. The minimum Gasteiger partial charge on any atom is -0.493 e. The van der Waals surface area contributed by atoms with Gasteiger partial charge < -0.3 is 20.1 Å². The average molecular weight is 318 g/mol. The highest BCUT2D eigenvalue weighted by Gasteiger charge is 2.22. The first-order valence-electron chi connectivity index (χ1n) is 8.51. The van der Waals surface area contributed by atoms with Crippen molar-refractivity contribution >= 4 is 5.91 Å². The second-order valence-corrected chi connectivity index (χ2v) is 6.56. The van der Waals surface area contributed by atoms with E-state index in [1.54, 1.807) is 0 Å². The van der Waals surface area contributed by atoms with Gasteiger partial charge in [0, 0.05) is 31.2 Å². The fourth-order valence-electron chi connectivity index (χ4n) is 3.07. The number of benzene rings is 1. The Balaban J connectivity index is 1.57. The van der Waals surface area contributed by atoms with Crippen LogP contribution in [0.2, 0.25) is 0 Å². The number of carbonyl (C=O) groups is 1. The summed E-state index contributed by atoms with van der Waals surface area (Å²) in [4.78, 5) is 12.2. The Labute approximate surface area is 137 Å². The van der Waals surface area contributed by atoms with E-state index in [0.29, 0.717) is 19.1 Å². The molecule has 5 nitrogen and oxygen atoms in total. The minimum atomic E-state index is 0.0976. The van der Waals surface area contributed by atoms with Crippen LogP contribution in [-0.2, 0) is 16.1 Å². The van der Waals surface area contributed by atoms with Crippen molar-refractivity contribution in [3.8, 4) is 5.75 Å². The molecule has 0 unspecified atom stereocenters. The monoisotopic (exact) mass is 318 g/mol. The molecule has 2 saturated heterocycles. The molecule has 2 aliphatic heterocycles. The van der Waals surface area contributed by atoms with Gasteiger partial charge in [0.2, 0.25) is 5.91 Å². The molecule has 1 aromatic carbocycles. The fraction of sp³-hybridized carbons (Fsp3) is 0.611. The van der Waals surface area contributed by atoms with Gasteiger partial charge in [-0.15, -0.1) is 0 Å². The smallest absolute Gasteiger partial charge is 0.224 e. The Morgan fingerprint density at radius 3 is 3.09 bits per heavy atom. The van der Waals surface area contributed by atoms with Crippen LogP contribution >= 0.6 is 0 Å². The van der Waals surface area contributed by atoms with Gasteiger partial charge in [-0.05, 0) is 37.9 Å². The molecule has 5 heteroatoms. The highest BCUT2D eigenvalue weighted by atomic mass is 16.5. The highest BCUT2D eigenvalue weighted by molar-refractivity contribution is 5.79. The third-order valence-corrected chi connectivity index (χ3v) is 4.61. The van der Waals surface area contributed by atoms with Crippen LogP contribution in [0, 0.1) is 18.8 Å². The SMILES string of the molecule is Cc1ccc(CNC(=O)[C@H]2CCNC2)c(OC[C@@H]2CCOC2)c1. The van der Waals surface area contributed by atoms with E-state index in [0.717, 1.165) is 56.0 Å². The Morgan fingerprint density at radius 1 is 1.43 bits per heavy atom. The van der Waals surface area contributed by atoms with Crippen LogP contribution in [0.25, 0.3) is 0 Å². The summed E-state index contributed by atoms with van der Waals surface area (Å²) in [6.07, 6.45) is 1.98. The molecule has 2 aliphatic rings. The average Bonchev–Trinajstić information content (AvgIpc) is 3.25. The molecule has 2 heterocycles. The Hall–Kier alpha value is -1.59. The summed E-state index contributed by atoms with van der Waals surface area (Å²) in [6.45, 7) is 6.58. The second kappa shape index (κ2) is 7.79. The van der Waals surface area contributed by atoms with Crippen molar-refractivity contribution in [1.82, 2.24) is 10.6 Å². The van der Waals surface area contributed by atoms with Gasteiger partial charge in [0.1, 0.15) is 5.75 Å². The third-order valence-electron chi connectivity index (χ3n) is 4.61. The molecule has 1 amide bonds. The van der Waals surface area contributed by atoms with Gasteiger partial charge in [0.15, 0.2) is 0 Å². The number of nitrogens with one attached hydrogen (secondary N) is 2. The van der Waals surface area contributed by atoms with Crippen LogP contribution < -0.4 is 15.4 Å². The van der Waals surface area contributed by atoms with E-state index < -0.39 is 0 Å². The Kier molecular flexibility index (Phi) is 5.51. The topological polar surface area (TPSA) is 59.6 Å². The second-order valence-electron chi connectivity index (χ2n) is 6.56. The molecule has 2 fully saturated rings. The van der Waals surface area contributed by atoms with Gasteiger partial charge in [-0.1, -0.05) is 12.1 Å². The molecule has 23 heavy (non-hydrogen) atoms. The van der Waals surface area contributed by atoms with Crippen molar-refractivity contribution < 1.29 is 14.3 Å². The Morgan fingerprint density at radius 2 is 2.35 bits per heavy atom. The van der Waals surface area contributed by atoms with E-state index in [1.165, 1.54) is 0 Å². The zero-order chi connectivity index (χ0) is 16.1. The van der Waals surface area contributed by atoms with Crippen molar-refractivity contribution in [3.63, 3.8) is 0 Å². The first-order chi connectivity index (χ1) is 11.2. The lowest BCUT2D eigenvalue weighted by atomic mass is 10.1. The number of aryl methyl sites for hydroxylation is 1. The molecule has 0 bridgehead atoms. The van der Waals surface area contributed by atoms with Crippen molar-refractivity contribution in [1.29, 1.82) is 0 Å². The largest absolute Gasteiger partial charge is 0.493 e. The number of ether oxygens (including phenoxy) is 2. The van der Waals surface area contributed by atoms with Gasteiger partial charge in [0.05, 0.1) is 19.1 Å². The fourth-order valence-corrected chi connectivity index (χ4v) is 3.07. The summed E-state index contributed by atoms with van der Waals surface area (Å²) >= 11 is 0. The van der Waals surface area contributed by atoms with Crippen LogP contribution in [0.1, 0.15) is 24.0 Å². The van der Waals surface area contributed by atoms with E-state index in [-0.39, 0.29) is 11.8 Å². The maximum Gasteiger partial charge on any atom is 0.224 e. The maximum atomic E-state index is 12.2. The predicted octanol–water partition coefficient (Wildman–Crippen LogP) is 1.64. The molecule has 2 atom stereocenters. The molecule has 0 aromatic heterocycles. The molecule has 0 radical (unpaired) electrons.